The van der Waals surface area contributed by atoms with Gasteiger partial charge in [0.05, 0.1) is 24.2 Å². The maximum absolute atomic E-state index is 12.8. The smallest absolute Gasteiger partial charge is 0.348 e. The predicted octanol–water partition coefficient (Wildman–Crippen LogP) is 2.67. The van der Waals surface area contributed by atoms with Crippen molar-refractivity contribution in [2.24, 2.45) is 0 Å². The zero-order valence-corrected chi connectivity index (χ0v) is 11.5. The normalized spacial score (nSPS) is 22.3. The summed E-state index contributed by atoms with van der Waals surface area (Å²) in [6.45, 7) is 1.02. The first-order chi connectivity index (χ1) is 10.3. The van der Waals surface area contributed by atoms with Crippen LogP contribution in [-0.4, -0.2) is 33.7 Å². The lowest BCUT2D eigenvalue weighted by Gasteiger charge is -2.35. The van der Waals surface area contributed by atoms with E-state index < -0.39 is 28.3 Å². The molecule has 122 valence electrons. The van der Waals surface area contributed by atoms with Crippen LogP contribution >= 0.6 is 0 Å². The Bertz CT molecular complexity index is 571. The molecule has 1 aliphatic heterocycles. The minimum Gasteiger partial charge on any atom is -0.348 e. The molecule has 1 saturated heterocycles. The van der Waals surface area contributed by atoms with Crippen molar-refractivity contribution in [3.05, 3.63) is 22.0 Å². The summed E-state index contributed by atoms with van der Waals surface area (Å²) in [5.41, 5.74) is -2.47. The molecule has 0 N–H and O–H groups in total. The highest BCUT2D eigenvalue weighted by Gasteiger charge is 2.45. The quantitative estimate of drug-likeness (QED) is 0.618. The van der Waals surface area contributed by atoms with Crippen molar-refractivity contribution >= 4 is 5.69 Å². The molecule has 2 fully saturated rings. The Morgan fingerprint density at radius 3 is 2.36 bits per heavy atom. The Morgan fingerprint density at radius 1 is 1.32 bits per heavy atom. The van der Waals surface area contributed by atoms with Gasteiger partial charge in [0.15, 0.2) is 5.79 Å². The number of aromatic nitrogens is 2. The lowest BCUT2D eigenvalue weighted by atomic mass is 9.90. The first kappa shape index (κ1) is 15.2. The topological polar surface area (TPSA) is 79.4 Å². The molecule has 0 atom stereocenters. The molecular weight excluding hydrogens is 307 g/mol. The summed E-state index contributed by atoms with van der Waals surface area (Å²) in [7, 11) is 0. The summed E-state index contributed by atoms with van der Waals surface area (Å²) in [6, 6.07) is -0.326. The van der Waals surface area contributed by atoms with Gasteiger partial charge in [0.25, 0.3) is 0 Å². The van der Waals surface area contributed by atoms with E-state index in [0.717, 1.165) is 10.9 Å². The average molecular weight is 321 g/mol. The third-order valence-electron chi connectivity index (χ3n) is 4.08. The van der Waals surface area contributed by atoms with E-state index in [0.29, 0.717) is 38.9 Å². The minimum atomic E-state index is -4.85. The number of halogens is 3. The zero-order chi connectivity index (χ0) is 16.0. The molecule has 3 rings (SSSR count). The van der Waals surface area contributed by atoms with Gasteiger partial charge in [0, 0.05) is 12.8 Å². The number of nitro groups is 1. The molecule has 10 heteroatoms. The molecule has 2 aliphatic rings. The fraction of sp³-hybridized carbons (Fsp3) is 0.750. The standard InChI is InChI=1S/C12H14F3N3O4/c13-12(14,15)10-9(18(19)20)7-17(16-10)8-1-3-11(4-2-8)21-5-6-22-11/h7-8H,1-6H2. The molecule has 0 aromatic carbocycles. The molecule has 0 radical (unpaired) electrons. The van der Waals surface area contributed by atoms with Crippen LogP contribution < -0.4 is 0 Å². The highest BCUT2D eigenvalue weighted by Crippen LogP contribution is 2.42. The van der Waals surface area contributed by atoms with Gasteiger partial charge < -0.3 is 9.47 Å². The van der Waals surface area contributed by atoms with E-state index in [1.54, 1.807) is 0 Å². The lowest BCUT2D eigenvalue weighted by Crippen LogP contribution is -2.36. The molecule has 22 heavy (non-hydrogen) atoms. The molecule has 7 nitrogen and oxygen atoms in total. The Labute approximate surface area is 123 Å². The molecule has 1 aromatic rings. The van der Waals surface area contributed by atoms with E-state index in [2.05, 4.69) is 5.10 Å². The Morgan fingerprint density at radius 2 is 1.91 bits per heavy atom. The largest absolute Gasteiger partial charge is 0.442 e. The second kappa shape index (κ2) is 5.20. The van der Waals surface area contributed by atoms with E-state index >= 15 is 0 Å². The second-order valence-corrected chi connectivity index (χ2v) is 5.44. The number of hydrogen-bond donors (Lipinski definition) is 0. The van der Waals surface area contributed by atoms with Gasteiger partial charge in [-0.3, -0.25) is 14.8 Å². The summed E-state index contributed by atoms with van der Waals surface area (Å²) in [5, 5.41) is 14.2. The number of rotatable bonds is 2. The minimum absolute atomic E-state index is 0.326. The number of alkyl halides is 3. The maximum Gasteiger partial charge on any atom is 0.442 e. The highest BCUT2D eigenvalue weighted by atomic mass is 19.4. The van der Waals surface area contributed by atoms with E-state index in [1.165, 1.54) is 0 Å². The van der Waals surface area contributed by atoms with Gasteiger partial charge in [-0.05, 0) is 12.8 Å². The summed E-state index contributed by atoms with van der Waals surface area (Å²) in [6.07, 6.45) is -1.92. The van der Waals surface area contributed by atoms with Gasteiger partial charge >= 0.3 is 11.9 Å². The lowest BCUT2D eigenvalue weighted by molar-refractivity contribution is -0.388. The van der Waals surface area contributed by atoms with Crippen molar-refractivity contribution in [1.29, 1.82) is 0 Å². The molecule has 1 aromatic heterocycles. The van der Waals surface area contributed by atoms with E-state index in [9.17, 15) is 23.3 Å². The highest BCUT2D eigenvalue weighted by molar-refractivity contribution is 5.35. The SMILES string of the molecule is O=[N+]([O-])c1cn(C2CCC3(CC2)OCCO3)nc1C(F)(F)F. The summed E-state index contributed by atoms with van der Waals surface area (Å²) < 4.78 is 50.6. The van der Waals surface area contributed by atoms with Crippen LogP contribution in [0, 0.1) is 10.1 Å². The summed E-state index contributed by atoms with van der Waals surface area (Å²) in [4.78, 5) is 9.73. The second-order valence-electron chi connectivity index (χ2n) is 5.44. The number of hydrogen-bond acceptors (Lipinski definition) is 5. The van der Waals surface area contributed by atoms with Crippen molar-refractivity contribution in [3.8, 4) is 0 Å². The Hall–Kier alpha value is -1.68. The Kier molecular flexibility index (Phi) is 3.60. The van der Waals surface area contributed by atoms with Gasteiger partial charge in [0.1, 0.15) is 6.20 Å². The molecule has 1 spiro atoms. The third-order valence-corrected chi connectivity index (χ3v) is 4.08. The van der Waals surface area contributed by atoms with Crippen molar-refractivity contribution in [2.45, 2.75) is 43.7 Å². The third kappa shape index (κ3) is 2.68. The van der Waals surface area contributed by atoms with E-state index in [4.69, 9.17) is 9.47 Å². The molecule has 1 aliphatic carbocycles. The maximum atomic E-state index is 12.8. The van der Waals surface area contributed by atoms with Crippen LogP contribution in [0.3, 0.4) is 0 Å². The molecule has 0 unspecified atom stereocenters. The van der Waals surface area contributed by atoms with Crippen molar-refractivity contribution in [3.63, 3.8) is 0 Å². The van der Waals surface area contributed by atoms with Crippen molar-refractivity contribution in [1.82, 2.24) is 9.78 Å². The fourth-order valence-electron chi connectivity index (χ4n) is 3.00. The number of ether oxygens (including phenoxy) is 2. The van der Waals surface area contributed by atoms with E-state index in [-0.39, 0.29) is 6.04 Å². The van der Waals surface area contributed by atoms with Crippen LogP contribution in [0.25, 0.3) is 0 Å². The Balaban J connectivity index is 1.80. The van der Waals surface area contributed by atoms with Gasteiger partial charge in [-0.2, -0.15) is 18.3 Å². The van der Waals surface area contributed by atoms with Crippen LogP contribution in [0.1, 0.15) is 37.4 Å². The van der Waals surface area contributed by atoms with E-state index in [1.807, 2.05) is 0 Å². The first-order valence-electron chi connectivity index (χ1n) is 6.89. The van der Waals surface area contributed by atoms with Crippen LogP contribution in [0.15, 0.2) is 6.20 Å². The van der Waals surface area contributed by atoms with Gasteiger partial charge in [-0.15, -0.1) is 0 Å². The fourth-order valence-corrected chi connectivity index (χ4v) is 3.00. The summed E-state index contributed by atoms with van der Waals surface area (Å²) >= 11 is 0. The molecule has 0 bridgehead atoms. The molecule has 1 saturated carbocycles. The zero-order valence-electron chi connectivity index (χ0n) is 11.5. The average Bonchev–Trinajstić information content (AvgIpc) is 3.06. The van der Waals surface area contributed by atoms with Crippen LogP contribution in [-0.2, 0) is 15.7 Å². The van der Waals surface area contributed by atoms with Crippen LogP contribution in [0.4, 0.5) is 18.9 Å². The molecule has 0 amide bonds. The molecular formula is C12H14F3N3O4. The predicted molar refractivity (Wildman–Crippen MR) is 66.0 cm³/mol. The van der Waals surface area contributed by atoms with Gasteiger partial charge in [-0.1, -0.05) is 0 Å². The summed E-state index contributed by atoms with van der Waals surface area (Å²) in [5.74, 6) is -0.636. The number of nitrogens with zero attached hydrogens (tertiary/aromatic N) is 3. The monoisotopic (exact) mass is 321 g/mol. The first-order valence-corrected chi connectivity index (χ1v) is 6.89. The van der Waals surface area contributed by atoms with Gasteiger partial charge in [0.2, 0.25) is 5.69 Å². The van der Waals surface area contributed by atoms with Crippen LogP contribution in [0.5, 0.6) is 0 Å². The van der Waals surface area contributed by atoms with Crippen LogP contribution in [0.2, 0.25) is 0 Å². The van der Waals surface area contributed by atoms with Gasteiger partial charge in [-0.25, -0.2) is 0 Å². The molecule has 2 heterocycles. The van der Waals surface area contributed by atoms with Crippen molar-refractivity contribution in [2.75, 3.05) is 13.2 Å². The van der Waals surface area contributed by atoms with Crippen molar-refractivity contribution < 1.29 is 27.6 Å².